The van der Waals surface area contributed by atoms with E-state index in [0.29, 0.717) is 11.4 Å². The summed E-state index contributed by atoms with van der Waals surface area (Å²) in [4.78, 5) is 20.6. The molecule has 1 amide bonds. The molecule has 2 aromatic heterocycles. The van der Waals surface area contributed by atoms with E-state index in [1.165, 1.54) is 0 Å². The van der Waals surface area contributed by atoms with Crippen molar-refractivity contribution in [3.63, 3.8) is 0 Å². The molecule has 5 nitrogen and oxygen atoms in total. The van der Waals surface area contributed by atoms with Crippen LogP contribution >= 0.6 is 11.6 Å². The van der Waals surface area contributed by atoms with Crippen LogP contribution < -0.4 is 0 Å². The lowest BCUT2D eigenvalue weighted by Gasteiger charge is -2.21. The van der Waals surface area contributed by atoms with Gasteiger partial charge in [-0.15, -0.1) is 0 Å². The van der Waals surface area contributed by atoms with Crippen molar-refractivity contribution in [2.24, 2.45) is 0 Å². The van der Waals surface area contributed by atoms with Gasteiger partial charge in [0.2, 0.25) is 5.91 Å². The number of carbonyl (C=O) groups excluding carboxylic acids is 1. The van der Waals surface area contributed by atoms with Gasteiger partial charge in [-0.05, 0) is 31.2 Å². The normalized spacial score (nSPS) is 16.6. The Labute approximate surface area is 141 Å². The van der Waals surface area contributed by atoms with Crippen molar-refractivity contribution in [3.05, 3.63) is 47.4 Å². The summed E-state index contributed by atoms with van der Waals surface area (Å²) in [6, 6.07) is 7.88. The van der Waals surface area contributed by atoms with E-state index in [0.717, 1.165) is 44.2 Å². The number of amides is 1. The Balaban J connectivity index is 1.73. The Morgan fingerprint density at radius 2 is 2.09 bits per heavy atom. The van der Waals surface area contributed by atoms with Gasteiger partial charge in [0, 0.05) is 57.2 Å². The minimum atomic E-state index is 0.254. The first-order valence-electron chi connectivity index (χ1n) is 7.95. The van der Waals surface area contributed by atoms with E-state index >= 15 is 0 Å². The number of halogens is 1. The first-order chi connectivity index (χ1) is 11.2. The van der Waals surface area contributed by atoms with E-state index in [9.17, 15) is 4.79 Å². The topological polar surface area (TPSA) is 41.4 Å². The third-order valence-corrected chi connectivity index (χ3v) is 4.46. The van der Waals surface area contributed by atoms with Crippen molar-refractivity contribution in [1.82, 2.24) is 19.4 Å². The van der Waals surface area contributed by atoms with E-state index in [2.05, 4.69) is 20.5 Å². The van der Waals surface area contributed by atoms with E-state index in [1.54, 1.807) is 6.20 Å². The highest BCUT2D eigenvalue weighted by atomic mass is 35.5. The molecular weight excluding hydrogens is 312 g/mol. The highest BCUT2D eigenvalue weighted by molar-refractivity contribution is 6.30. The number of rotatable bonds is 4. The van der Waals surface area contributed by atoms with Crippen LogP contribution in [0.15, 0.2) is 36.7 Å². The van der Waals surface area contributed by atoms with Crippen LogP contribution in [0, 0.1) is 0 Å². The SMILES string of the molecule is CCN1CCN(Cc2cccn2-c2ccc(Cl)cn2)CCC1=O. The summed E-state index contributed by atoms with van der Waals surface area (Å²) in [5.41, 5.74) is 1.16. The summed E-state index contributed by atoms with van der Waals surface area (Å²) in [7, 11) is 0. The first kappa shape index (κ1) is 16.0. The Morgan fingerprint density at radius 1 is 1.22 bits per heavy atom. The third-order valence-electron chi connectivity index (χ3n) is 4.24. The van der Waals surface area contributed by atoms with Gasteiger partial charge in [-0.3, -0.25) is 9.69 Å². The van der Waals surface area contributed by atoms with Gasteiger partial charge in [-0.25, -0.2) is 4.98 Å². The maximum absolute atomic E-state index is 12.0. The largest absolute Gasteiger partial charge is 0.342 e. The van der Waals surface area contributed by atoms with Gasteiger partial charge in [0.25, 0.3) is 0 Å². The minimum Gasteiger partial charge on any atom is -0.342 e. The highest BCUT2D eigenvalue weighted by Gasteiger charge is 2.20. The maximum Gasteiger partial charge on any atom is 0.223 e. The van der Waals surface area contributed by atoms with Gasteiger partial charge in [-0.1, -0.05) is 11.6 Å². The van der Waals surface area contributed by atoms with Gasteiger partial charge in [0.1, 0.15) is 5.82 Å². The van der Waals surface area contributed by atoms with Gasteiger partial charge in [-0.2, -0.15) is 0 Å². The average molecular weight is 333 g/mol. The predicted octanol–water partition coefficient (Wildman–Crippen LogP) is 2.58. The molecule has 0 N–H and O–H groups in total. The predicted molar refractivity (Wildman–Crippen MR) is 90.7 cm³/mol. The van der Waals surface area contributed by atoms with Gasteiger partial charge in [0.05, 0.1) is 5.02 Å². The van der Waals surface area contributed by atoms with Crippen molar-refractivity contribution in [2.45, 2.75) is 19.9 Å². The fraction of sp³-hybridized carbons (Fsp3) is 0.412. The second-order valence-electron chi connectivity index (χ2n) is 5.70. The van der Waals surface area contributed by atoms with E-state index in [4.69, 9.17) is 11.6 Å². The van der Waals surface area contributed by atoms with Gasteiger partial charge in [0.15, 0.2) is 0 Å². The smallest absolute Gasteiger partial charge is 0.223 e. The number of hydrogen-bond donors (Lipinski definition) is 0. The third kappa shape index (κ3) is 3.74. The van der Waals surface area contributed by atoms with Crippen LogP contribution in [0.1, 0.15) is 19.0 Å². The summed E-state index contributed by atoms with van der Waals surface area (Å²) in [5.74, 6) is 1.11. The molecule has 1 aliphatic rings. The lowest BCUT2D eigenvalue weighted by atomic mass is 10.3. The molecule has 0 spiro atoms. The van der Waals surface area contributed by atoms with Crippen molar-refractivity contribution in [2.75, 3.05) is 26.2 Å². The molecule has 0 aromatic carbocycles. The second-order valence-corrected chi connectivity index (χ2v) is 6.14. The Morgan fingerprint density at radius 3 is 2.83 bits per heavy atom. The van der Waals surface area contributed by atoms with Crippen LogP contribution in [0.3, 0.4) is 0 Å². The lowest BCUT2D eigenvalue weighted by molar-refractivity contribution is -0.130. The molecule has 0 aliphatic carbocycles. The molecule has 0 radical (unpaired) electrons. The lowest BCUT2D eigenvalue weighted by Crippen LogP contribution is -2.33. The van der Waals surface area contributed by atoms with Crippen LogP contribution in [-0.4, -0.2) is 51.4 Å². The van der Waals surface area contributed by atoms with Gasteiger partial charge >= 0.3 is 0 Å². The van der Waals surface area contributed by atoms with Crippen LogP contribution in [0.4, 0.5) is 0 Å². The van der Waals surface area contributed by atoms with Crippen molar-refractivity contribution < 1.29 is 4.79 Å². The Kier molecular flexibility index (Phi) is 4.98. The van der Waals surface area contributed by atoms with Crippen LogP contribution in [0.5, 0.6) is 0 Å². The molecule has 1 aliphatic heterocycles. The van der Waals surface area contributed by atoms with Crippen LogP contribution in [0.25, 0.3) is 5.82 Å². The molecule has 3 rings (SSSR count). The summed E-state index contributed by atoms with van der Waals surface area (Å²) in [6.45, 7) is 6.13. The molecule has 0 saturated carbocycles. The molecule has 0 unspecified atom stereocenters. The fourth-order valence-corrected chi connectivity index (χ4v) is 3.02. The van der Waals surface area contributed by atoms with Crippen LogP contribution in [0.2, 0.25) is 5.02 Å². The number of carbonyl (C=O) groups is 1. The number of hydrogen-bond acceptors (Lipinski definition) is 3. The molecule has 23 heavy (non-hydrogen) atoms. The first-order valence-corrected chi connectivity index (χ1v) is 8.33. The monoisotopic (exact) mass is 332 g/mol. The number of likely N-dealkylation sites (N-methyl/N-ethyl adjacent to an activating group) is 1. The van der Waals surface area contributed by atoms with Crippen molar-refractivity contribution in [3.8, 4) is 5.82 Å². The molecule has 1 fully saturated rings. The summed E-state index contributed by atoms with van der Waals surface area (Å²) in [5, 5.41) is 0.633. The Bertz CT molecular complexity index is 667. The number of nitrogens with zero attached hydrogens (tertiary/aromatic N) is 4. The number of pyridine rings is 1. The minimum absolute atomic E-state index is 0.254. The molecule has 1 saturated heterocycles. The number of aromatic nitrogens is 2. The highest BCUT2D eigenvalue weighted by Crippen LogP contribution is 2.16. The molecule has 6 heteroatoms. The zero-order valence-corrected chi connectivity index (χ0v) is 14.0. The molecule has 122 valence electrons. The van der Waals surface area contributed by atoms with Gasteiger partial charge < -0.3 is 9.47 Å². The van der Waals surface area contributed by atoms with E-state index < -0.39 is 0 Å². The molecular formula is C17H21ClN4O. The summed E-state index contributed by atoms with van der Waals surface area (Å²) in [6.07, 6.45) is 4.25. The standard InChI is InChI=1S/C17H21ClN4O/c1-2-21-11-10-20(9-7-17(21)23)13-15-4-3-8-22(15)16-6-5-14(18)12-19-16/h3-6,8,12H,2,7,9-11,13H2,1H3. The average Bonchev–Trinajstić information content (AvgIpc) is 2.93. The molecule has 2 aromatic rings. The second kappa shape index (κ2) is 7.15. The summed E-state index contributed by atoms with van der Waals surface area (Å²) >= 11 is 5.91. The molecule has 0 bridgehead atoms. The van der Waals surface area contributed by atoms with Crippen molar-refractivity contribution >= 4 is 17.5 Å². The zero-order chi connectivity index (χ0) is 16.2. The fourth-order valence-electron chi connectivity index (χ4n) is 2.91. The quantitative estimate of drug-likeness (QED) is 0.864. The summed E-state index contributed by atoms with van der Waals surface area (Å²) < 4.78 is 2.07. The zero-order valence-electron chi connectivity index (χ0n) is 13.3. The van der Waals surface area contributed by atoms with Crippen molar-refractivity contribution in [1.29, 1.82) is 0 Å². The van der Waals surface area contributed by atoms with E-state index in [1.807, 2.05) is 36.2 Å². The maximum atomic E-state index is 12.0. The molecule has 0 atom stereocenters. The Hall–Kier alpha value is -1.85. The van der Waals surface area contributed by atoms with E-state index in [-0.39, 0.29) is 5.91 Å². The van der Waals surface area contributed by atoms with Crippen LogP contribution in [-0.2, 0) is 11.3 Å². The molecule has 3 heterocycles.